The van der Waals surface area contributed by atoms with Crippen molar-refractivity contribution < 1.29 is 9.32 Å². The lowest BCUT2D eigenvalue weighted by Crippen LogP contribution is -2.43. The SMILES string of the molecule is O=C(NCCCn1ccnc1)C1CCCN(Cc2nc(-c3ccccc3Cl)no2)C1. The number of rotatable bonds is 8. The zero-order valence-electron chi connectivity index (χ0n) is 16.7. The number of carbonyl (C=O) groups excluding carboxylic acids is 1. The molecule has 3 aromatic rings. The van der Waals surface area contributed by atoms with Crippen molar-refractivity contribution in [3.05, 3.63) is 53.9 Å². The topological polar surface area (TPSA) is 89.1 Å². The van der Waals surface area contributed by atoms with Crippen LogP contribution in [0.3, 0.4) is 0 Å². The van der Waals surface area contributed by atoms with E-state index in [9.17, 15) is 4.79 Å². The summed E-state index contributed by atoms with van der Waals surface area (Å²) in [5.41, 5.74) is 0.751. The van der Waals surface area contributed by atoms with Gasteiger partial charge in [-0.15, -0.1) is 0 Å². The lowest BCUT2D eigenvalue weighted by Gasteiger charge is -2.30. The van der Waals surface area contributed by atoms with Crippen molar-refractivity contribution in [3.63, 3.8) is 0 Å². The predicted molar refractivity (Wildman–Crippen MR) is 113 cm³/mol. The summed E-state index contributed by atoms with van der Waals surface area (Å²) in [6.45, 7) is 3.65. The van der Waals surface area contributed by atoms with E-state index in [2.05, 4.69) is 25.3 Å². The number of nitrogens with one attached hydrogen (secondary N) is 1. The van der Waals surface area contributed by atoms with Crippen LogP contribution in [0.4, 0.5) is 0 Å². The van der Waals surface area contributed by atoms with Crippen molar-refractivity contribution in [2.24, 2.45) is 5.92 Å². The van der Waals surface area contributed by atoms with Crippen LogP contribution in [0.15, 0.2) is 47.5 Å². The molecule has 1 aliphatic heterocycles. The molecule has 1 aliphatic rings. The Morgan fingerprint density at radius 2 is 2.23 bits per heavy atom. The van der Waals surface area contributed by atoms with E-state index in [0.717, 1.165) is 37.9 Å². The average molecular weight is 429 g/mol. The van der Waals surface area contributed by atoms with Gasteiger partial charge in [0, 0.05) is 37.6 Å². The molecule has 0 saturated carbocycles. The second kappa shape index (κ2) is 9.86. The third-order valence-electron chi connectivity index (χ3n) is 5.27. The number of nitrogens with zero attached hydrogens (tertiary/aromatic N) is 5. The van der Waals surface area contributed by atoms with E-state index in [1.807, 2.05) is 29.0 Å². The number of hydrogen-bond acceptors (Lipinski definition) is 6. The van der Waals surface area contributed by atoms with E-state index in [4.69, 9.17) is 16.1 Å². The summed E-state index contributed by atoms with van der Waals surface area (Å²) in [5.74, 6) is 1.12. The summed E-state index contributed by atoms with van der Waals surface area (Å²) in [6.07, 6.45) is 8.23. The maximum atomic E-state index is 12.6. The normalized spacial score (nSPS) is 17.2. The summed E-state index contributed by atoms with van der Waals surface area (Å²) in [6, 6.07) is 7.42. The molecule has 1 unspecified atom stereocenters. The maximum absolute atomic E-state index is 12.6. The van der Waals surface area contributed by atoms with Gasteiger partial charge in [-0.05, 0) is 37.9 Å². The first-order valence-electron chi connectivity index (χ1n) is 10.2. The second-order valence-corrected chi connectivity index (χ2v) is 7.92. The zero-order valence-corrected chi connectivity index (χ0v) is 17.5. The van der Waals surface area contributed by atoms with Gasteiger partial charge in [0.05, 0.1) is 23.8 Å². The minimum atomic E-state index is -0.0158. The molecule has 3 heterocycles. The van der Waals surface area contributed by atoms with Gasteiger partial charge in [-0.3, -0.25) is 9.69 Å². The Bertz CT molecular complexity index is 958. The van der Waals surface area contributed by atoms with Crippen LogP contribution in [0.1, 0.15) is 25.2 Å². The van der Waals surface area contributed by atoms with Crippen LogP contribution in [0.25, 0.3) is 11.4 Å². The predicted octanol–water partition coefficient (Wildman–Crippen LogP) is 3.01. The molecule has 1 saturated heterocycles. The van der Waals surface area contributed by atoms with Crippen LogP contribution in [0, 0.1) is 5.92 Å². The second-order valence-electron chi connectivity index (χ2n) is 7.51. The van der Waals surface area contributed by atoms with Gasteiger partial charge in [-0.25, -0.2) is 4.98 Å². The highest BCUT2D eigenvalue weighted by molar-refractivity contribution is 6.33. The Morgan fingerprint density at radius 3 is 3.07 bits per heavy atom. The Morgan fingerprint density at radius 1 is 1.33 bits per heavy atom. The summed E-state index contributed by atoms with van der Waals surface area (Å²) < 4.78 is 7.43. The van der Waals surface area contributed by atoms with E-state index in [1.54, 1.807) is 18.6 Å². The minimum absolute atomic E-state index is 0.0158. The largest absolute Gasteiger partial charge is 0.356 e. The third-order valence-corrected chi connectivity index (χ3v) is 5.60. The fourth-order valence-electron chi connectivity index (χ4n) is 3.71. The zero-order chi connectivity index (χ0) is 20.8. The fourth-order valence-corrected chi connectivity index (χ4v) is 3.93. The van der Waals surface area contributed by atoms with E-state index in [0.29, 0.717) is 36.4 Å². The molecule has 1 fully saturated rings. The van der Waals surface area contributed by atoms with Crippen LogP contribution in [0.5, 0.6) is 0 Å². The van der Waals surface area contributed by atoms with Gasteiger partial charge in [-0.1, -0.05) is 28.9 Å². The number of benzene rings is 1. The van der Waals surface area contributed by atoms with Gasteiger partial charge in [0.15, 0.2) is 0 Å². The van der Waals surface area contributed by atoms with Gasteiger partial charge in [0.2, 0.25) is 17.6 Å². The van der Waals surface area contributed by atoms with Crippen LogP contribution >= 0.6 is 11.6 Å². The number of aryl methyl sites for hydroxylation is 1. The number of amides is 1. The monoisotopic (exact) mass is 428 g/mol. The van der Waals surface area contributed by atoms with Crippen molar-refractivity contribution in [1.29, 1.82) is 0 Å². The molecule has 1 atom stereocenters. The van der Waals surface area contributed by atoms with Gasteiger partial charge >= 0.3 is 0 Å². The molecule has 1 N–H and O–H groups in total. The molecular weight excluding hydrogens is 404 g/mol. The summed E-state index contributed by atoms with van der Waals surface area (Å²) in [4.78, 5) is 23.3. The summed E-state index contributed by atoms with van der Waals surface area (Å²) in [7, 11) is 0. The van der Waals surface area contributed by atoms with Gasteiger partial charge in [0.1, 0.15) is 0 Å². The molecule has 30 heavy (non-hydrogen) atoms. The molecule has 1 aromatic carbocycles. The van der Waals surface area contributed by atoms with E-state index in [-0.39, 0.29) is 11.8 Å². The fraction of sp³-hybridized carbons (Fsp3) is 0.429. The highest BCUT2D eigenvalue weighted by Crippen LogP contribution is 2.25. The lowest BCUT2D eigenvalue weighted by molar-refractivity contribution is -0.126. The van der Waals surface area contributed by atoms with Crippen LogP contribution in [-0.4, -0.2) is 50.1 Å². The maximum Gasteiger partial charge on any atom is 0.241 e. The highest BCUT2D eigenvalue weighted by Gasteiger charge is 2.26. The number of imidazole rings is 1. The molecule has 2 aromatic heterocycles. The smallest absolute Gasteiger partial charge is 0.241 e. The van der Waals surface area contributed by atoms with Crippen LogP contribution in [0.2, 0.25) is 5.02 Å². The molecule has 0 radical (unpaired) electrons. The van der Waals surface area contributed by atoms with Crippen molar-refractivity contribution in [1.82, 2.24) is 29.9 Å². The first-order valence-corrected chi connectivity index (χ1v) is 10.6. The van der Waals surface area contributed by atoms with Crippen LogP contribution < -0.4 is 5.32 Å². The standard InChI is InChI=1S/C21H25ClN6O2/c22-18-7-2-1-6-17(18)20-25-19(30-26-20)14-28-10-3-5-16(13-28)21(29)24-8-4-11-27-12-9-23-15-27/h1-2,6-7,9,12,15-16H,3-5,8,10-11,13-14H2,(H,24,29). The molecule has 9 heteroatoms. The summed E-state index contributed by atoms with van der Waals surface area (Å²) in [5, 5.41) is 7.71. The highest BCUT2D eigenvalue weighted by atomic mass is 35.5. The molecule has 158 valence electrons. The van der Waals surface area contributed by atoms with Crippen LogP contribution in [-0.2, 0) is 17.9 Å². The van der Waals surface area contributed by atoms with E-state index in [1.165, 1.54) is 0 Å². The van der Waals surface area contributed by atoms with Gasteiger partial charge in [0.25, 0.3) is 0 Å². The molecule has 0 aliphatic carbocycles. The average Bonchev–Trinajstić information content (AvgIpc) is 3.44. The van der Waals surface area contributed by atoms with E-state index >= 15 is 0 Å². The Kier molecular flexibility index (Phi) is 6.76. The first kappa shape index (κ1) is 20.6. The Balaban J connectivity index is 1.26. The number of halogens is 1. The lowest BCUT2D eigenvalue weighted by atomic mass is 9.97. The van der Waals surface area contributed by atoms with Crippen molar-refractivity contribution in [2.75, 3.05) is 19.6 Å². The van der Waals surface area contributed by atoms with Crippen molar-refractivity contribution in [3.8, 4) is 11.4 Å². The molecular formula is C21H25ClN6O2. The van der Waals surface area contributed by atoms with Crippen molar-refractivity contribution in [2.45, 2.75) is 32.4 Å². The molecule has 0 bridgehead atoms. The Hall–Kier alpha value is -2.71. The molecule has 4 rings (SSSR count). The number of aromatic nitrogens is 4. The number of hydrogen-bond donors (Lipinski definition) is 1. The third kappa shape index (κ3) is 5.25. The molecule has 1 amide bonds. The molecule has 0 spiro atoms. The molecule has 8 nitrogen and oxygen atoms in total. The minimum Gasteiger partial charge on any atom is -0.356 e. The number of piperidine rings is 1. The first-order chi connectivity index (χ1) is 14.7. The number of likely N-dealkylation sites (tertiary alicyclic amines) is 1. The Labute approximate surface area is 180 Å². The van der Waals surface area contributed by atoms with Gasteiger partial charge < -0.3 is 14.4 Å². The van der Waals surface area contributed by atoms with Crippen molar-refractivity contribution >= 4 is 17.5 Å². The number of carbonyl (C=O) groups is 1. The van der Waals surface area contributed by atoms with Gasteiger partial charge in [-0.2, -0.15) is 4.98 Å². The summed E-state index contributed by atoms with van der Waals surface area (Å²) >= 11 is 6.21. The van der Waals surface area contributed by atoms with E-state index < -0.39 is 0 Å². The quantitative estimate of drug-likeness (QED) is 0.555.